The highest BCUT2D eigenvalue weighted by Crippen LogP contribution is 2.37. The number of carbonyl (C=O) groups excluding carboxylic acids is 2. The minimum Gasteiger partial charge on any atom is -0.486 e. The van der Waals surface area contributed by atoms with Crippen molar-refractivity contribution in [2.75, 3.05) is 13.2 Å². The first-order chi connectivity index (χ1) is 12.5. The lowest BCUT2D eigenvalue weighted by Gasteiger charge is -2.25. The van der Waals surface area contributed by atoms with E-state index in [1.54, 1.807) is 37.3 Å². The molecule has 0 radical (unpaired) electrons. The fourth-order valence-corrected chi connectivity index (χ4v) is 3.21. The Morgan fingerprint density at radius 1 is 1.12 bits per heavy atom. The topological polar surface area (TPSA) is 67.9 Å². The highest BCUT2D eigenvalue weighted by Gasteiger charge is 2.49. The summed E-state index contributed by atoms with van der Waals surface area (Å²) in [4.78, 5) is 26.5. The fourth-order valence-electron chi connectivity index (χ4n) is 3.21. The number of rotatable bonds is 3. The quantitative estimate of drug-likeness (QED) is 0.859. The van der Waals surface area contributed by atoms with Crippen molar-refractivity contribution < 1.29 is 23.5 Å². The van der Waals surface area contributed by atoms with Gasteiger partial charge in [0.15, 0.2) is 11.5 Å². The lowest BCUT2D eigenvalue weighted by Crippen LogP contribution is -2.41. The largest absolute Gasteiger partial charge is 0.486 e. The molecule has 0 aliphatic carbocycles. The number of fused-ring (bicyclic) bond motifs is 1. The summed E-state index contributed by atoms with van der Waals surface area (Å²) in [6.07, 6.45) is 0. The van der Waals surface area contributed by atoms with Gasteiger partial charge < -0.3 is 14.8 Å². The molecule has 4 rings (SSSR count). The van der Waals surface area contributed by atoms with Gasteiger partial charge in [-0.15, -0.1) is 0 Å². The molecule has 0 spiro atoms. The molecule has 134 valence electrons. The maximum atomic E-state index is 13.4. The SMILES string of the molecule is C[C@@]1(c2ccc3c(c2)OCCO3)NC(=O)N(Cc2cccc(F)c2)C1=O. The van der Waals surface area contributed by atoms with E-state index in [-0.39, 0.29) is 6.54 Å². The van der Waals surface area contributed by atoms with Crippen molar-refractivity contribution in [3.63, 3.8) is 0 Å². The number of halogens is 1. The van der Waals surface area contributed by atoms with Crippen LogP contribution in [-0.2, 0) is 16.9 Å². The van der Waals surface area contributed by atoms with Crippen LogP contribution in [0.5, 0.6) is 11.5 Å². The number of hydrogen-bond donors (Lipinski definition) is 1. The number of nitrogens with zero attached hydrogens (tertiary/aromatic N) is 1. The van der Waals surface area contributed by atoms with E-state index < -0.39 is 23.3 Å². The molecule has 2 aliphatic heterocycles. The van der Waals surface area contributed by atoms with Gasteiger partial charge in [0.2, 0.25) is 0 Å². The van der Waals surface area contributed by atoms with Crippen LogP contribution in [0.25, 0.3) is 0 Å². The van der Waals surface area contributed by atoms with E-state index in [0.29, 0.717) is 35.8 Å². The maximum Gasteiger partial charge on any atom is 0.325 e. The first-order valence-electron chi connectivity index (χ1n) is 8.26. The molecule has 1 atom stereocenters. The number of hydrogen-bond acceptors (Lipinski definition) is 4. The molecule has 26 heavy (non-hydrogen) atoms. The number of nitrogens with one attached hydrogen (secondary N) is 1. The van der Waals surface area contributed by atoms with Gasteiger partial charge in [0.25, 0.3) is 5.91 Å². The van der Waals surface area contributed by atoms with Crippen molar-refractivity contribution in [2.24, 2.45) is 0 Å². The van der Waals surface area contributed by atoms with Gasteiger partial charge in [-0.1, -0.05) is 18.2 Å². The highest BCUT2D eigenvalue weighted by atomic mass is 19.1. The van der Waals surface area contributed by atoms with Crippen molar-refractivity contribution in [1.82, 2.24) is 10.2 Å². The van der Waals surface area contributed by atoms with Gasteiger partial charge in [0.1, 0.15) is 24.6 Å². The second-order valence-electron chi connectivity index (χ2n) is 6.43. The molecule has 1 N–H and O–H groups in total. The standard InChI is InChI=1S/C19H17FN2O4/c1-19(13-5-6-15-16(10-13)26-8-7-25-15)17(23)22(18(24)21-19)11-12-3-2-4-14(20)9-12/h2-6,9-10H,7-8,11H2,1H3,(H,21,24)/t19-/m0/s1. The third-order valence-corrected chi connectivity index (χ3v) is 4.62. The Bertz CT molecular complexity index is 901. The van der Waals surface area contributed by atoms with Gasteiger partial charge in [-0.3, -0.25) is 9.69 Å². The van der Waals surface area contributed by atoms with Gasteiger partial charge in [-0.2, -0.15) is 0 Å². The number of carbonyl (C=O) groups is 2. The Labute approximate surface area is 149 Å². The third kappa shape index (κ3) is 2.65. The lowest BCUT2D eigenvalue weighted by atomic mass is 9.91. The second kappa shape index (κ2) is 6.01. The van der Waals surface area contributed by atoms with Crippen LogP contribution in [0.4, 0.5) is 9.18 Å². The van der Waals surface area contributed by atoms with Gasteiger partial charge in [0, 0.05) is 0 Å². The number of urea groups is 1. The molecular formula is C19H17FN2O4. The summed E-state index contributed by atoms with van der Waals surface area (Å²) in [7, 11) is 0. The minimum absolute atomic E-state index is 0.00255. The summed E-state index contributed by atoms with van der Waals surface area (Å²) in [6.45, 7) is 2.55. The van der Waals surface area contributed by atoms with E-state index >= 15 is 0 Å². The normalized spacial score (nSPS) is 21.7. The predicted molar refractivity (Wildman–Crippen MR) is 90.3 cm³/mol. The molecule has 0 bridgehead atoms. The van der Waals surface area contributed by atoms with Gasteiger partial charge in [0.05, 0.1) is 6.54 Å². The summed E-state index contributed by atoms with van der Waals surface area (Å²) in [6, 6.07) is 10.5. The summed E-state index contributed by atoms with van der Waals surface area (Å²) >= 11 is 0. The maximum absolute atomic E-state index is 13.4. The number of amides is 3. The zero-order valence-corrected chi connectivity index (χ0v) is 14.1. The number of benzene rings is 2. The molecule has 2 heterocycles. The zero-order valence-electron chi connectivity index (χ0n) is 14.1. The Morgan fingerprint density at radius 2 is 1.88 bits per heavy atom. The van der Waals surface area contributed by atoms with Crippen LogP contribution < -0.4 is 14.8 Å². The molecular weight excluding hydrogens is 339 g/mol. The Balaban J connectivity index is 1.63. The Hall–Kier alpha value is -3.09. The smallest absolute Gasteiger partial charge is 0.325 e. The van der Waals surface area contributed by atoms with Crippen molar-refractivity contribution in [3.8, 4) is 11.5 Å². The van der Waals surface area contributed by atoms with Crippen LogP contribution in [0.2, 0.25) is 0 Å². The minimum atomic E-state index is -1.22. The van der Waals surface area contributed by atoms with Crippen LogP contribution in [0.15, 0.2) is 42.5 Å². The first-order valence-corrected chi connectivity index (χ1v) is 8.26. The molecule has 7 heteroatoms. The van der Waals surface area contributed by atoms with E-state index in [2.05, 4.69) is 5.32 Å². The monoisotopic (exact) mass is 356 g/mol. The molecule has 0 unspecified atom stereocenters. The van der Waals surface area contributed by atoms with Crippen LogP contribution in [0.1, 0.15) is 18.1 Å². The zero-order chi connectivity index (χ0) is 18.3. The fraction of sp³-hybridized carbons (Fsp3) is 0.263. The molecule has 1 fully saturated rings. The molecule has 2 aliphatic rings. The molecule has 1 saturated heterocycles. The van der Waals surface area contributed by atoms with Crippen LogP contribution in [0.3, 0.4) is 0 Å². The molecule has 2 aromatic carbocycles. The van der Waals surface area contributed by atoms with Crippen molar-refractivity contribution >= 4 is 11.9 Å². The van der Waals surface area contributed by atoms with E-state index in [1.807, 2.05) is 0 Å². The van der Waals surface area contributed by atoms with E-state index in [4.69, 9.17) is 9.47 Å². The summed E-state index contributed by atoms with van der Waals surface area (Å²) in [5, 5.41) is 2.74. The molecule has 0 aromatic heterocycles. The molecule has 0 saturated carbocycles. The number of imide groups is 1. The third-order valence-electron chi connectivity index (χ3n) is 4.62. The highest BCUT2D eigenvalue weighted by molar-refractivity contribution is 6.07. The lowest BCUT2D eigenvalue weighted by molar-refractivity contribution is -0.131. The number of ether oxygens (including phenoxy) is 2. The van der Waals surface area contributed by atoms with Crippen LogP contribution in [-0.4, -0.2) is 30.1 Å². The first kappa shape index (κ1) is 16.4. The summed E-state index contributed by atoms with van der Waals surface area (Å²) < 4.78 is 24.4. The Morgan fingerprint density at radius 3 is 2.65 bits per heavy atom. The van der Waals surface area contributed by atoms with Crippen molar-refractivity contribution in [2.45, 2.75) is 19.0 Å². The summed E-state index contributed by atoms with van der Waals surface area (Å²) in [5.41, 5.74) is -0.0815. The average Bonchev–Trinajstić information content (AvgIpc) is 2.85. The Kier molecular flexibility index (Phi) is 3.79. The van der Waals surface area contributed by atoms with Crippen LogP contribution in [0, 0.1) is 5.82 Å². The second-order valence-corrected chi connectivity index (χ2v) is 6.43. The molecule has 6 nitrogen and oxygen atoms in total. The van der Waals surface area contributed by atoms with E-state index in [9.17, 15) is 14.0 Å². The van der Waals surface area contributed by atoms with Gasteiger partial charge in [-0.25, -0.2) is 9.18 Å². The average molecular weight is 356 g/mol. The van der Waals surface area contributed by atoms with Crippen LogP contribution >= 0.6 is 0 Å². The van der Waals surface area contributed by atoms with Crippen molar-refractivity contribution in [3.05, 3.63) is 59.4 Å². The van der Waals surface area contributed by atoms with E-state index in [0.717, 1.165) is 4.90 Å². The predicted octanol–water partition coefficient (Wildman–Crippen LogP) is 2.56. The van der Waals surface area contributed by atoms with Crippen molar-refractivity contribution in [1.29, 1.82) is 0 Å². The van der Waals surface area contributed by atoms with Gasteiger partial charge in [-0.05, 0) is 42.3 Å². The molecule has 3 amide bonds. The summed E-state index contributed by atoms with van der Waals surface area (Å²) in [5.74, 6) is 0.338. The molecule has 2 aromatic rings. The van der Waals surface area contributed by atoms with E-state index in [1.165, 1.54) is 12.1 Å². The van der Waals surface area contributed by atoms with Gasteiger partial charge >= 0.3 is 6.03 Å².